The molecule has 0 aliphatic heterocycles. The Bertz CT molecular complexity index is 786. The first-order valence-electron chi connectivity index (χ1n) is 8.03. The molecule has 1 unspecified atom stereocenters. The molecule has 7 heteroatoms. The second-order valence-electron chi connectivity index (χ2n) is 5.64. The predicted octanol–water partition coefficient (Wildman–Crippen LogP) is 4.09. The quantitative estimate of drug-likeness (QED) is 0.477. The highest BCUT2D eigenvalue weighted by atomic mass is 32.1. The van der Waals surface area contributed by atoms with Crippen LogP contribution < -0.4 is 10.6 Å². The number of benzene rings is 1. The minimum absolute atomic E-state index is 0.281. The summed E-state index contributed by atoms with van der Waals surface area (Å²) in [5, 5.41) is 10.4. The molecule has 1 aromatic heterocycles. The Hall–Kier alpha value is -2.46. The van der Waals surface area contributed by atoms with Crippen molar-refractivity contribution in [1.29, 1.82) is 0 Å². The molecule has 0 radical (unpaired) electrons. The van der Waals surface area contributed by atoms with Crippen molar-refractivity contribution in [1.82, 2.24) is 10.6 Å². The van der Waals surface area contributed by atoms with Gasteiger partial charge in [-0.25, -0.2) is 0 Å². The van der Waals surface area contributed by atoms with Gasteiger partial charge in [-0.2, -0.15) is 24.5 Å². The van der Waals surface area contributed by atoms with Crippen LogP contribution in [0.25, 0.3) is 0 Å². The number of aliphatic imine (C=N–C) groups is 1. The average Bonchev–Trinajstić information content (AvgIpc) is 3.15. The van der Waals surface area contributed by atoms with Crippen LogP contribution in [0, 0.1) is 11.8 Å². The molecule has 0 saturated carbocycles. The lowest BCUT2D eigenvalue weighted by Gasteiger charge is -2.14. The van der Waals surface area contributed by atoms with Gasteiger partial charge in [-0.15, -0.1) is 0 Å². The van der Waals surface area contributed by atoms with Gasteiger partial charge in [0.25, 0.3) is 0 Å². The summed E-state index contributed by atoms with van der Waals surface area (Å²) in [6.07, 6.45) is -4.36. The summed E-state index contributed by atoms with van der Waals surface area (Å²) in [5.41, 5.74) is 0.898. The van der Waals surface area contributed by atoms with E-state index in [1.54, 1.807) is 24.5 Å². The van der Waals surface area contributed by atoms with E-state index in [0.29, 0.717) is 17.4 Å². The van der Waals surface area contributed by atoms with Gasteiger partial charge >= 0.3 is 6.18 Å². The third-order valence-electron chi connectivity index (χ3n) is 3.68. The van der Waals surface area contributed by atoms with E-state index in [4.69, 9.17) is 0 Å². The molecule has 1 atom stereocenters. The van der Waals surface area contributed by atoms with Gasteiger partial charge in [-0.3, -0.25) is 4.99 Å². The van der Waals surface area contributed by atoms with Gasteiger partial charge in [0.2, 0.25) is 0 Å². The zero-order valence-electron chi connectivity index (χ0n) is 14.5. The maximum absolute atomic E-state index is 12.7. The van der Waals surface area contributed by atoms with Crippen LogP contribution in [0.5, 0.6) is 0 Å². The molecular weight excluding hydrogens is 359 g/mol. The highest BCUT2D eigenvalue weighted by Gasteiger charge is 2.30. The van der Waals surface area contributed by atoms with Crippen LogP contribution in [-0.4, -0.2) is 26.1 Å². The molecular formula is C19H20F3N3S. The van der Waals surface area contributed by atoms with E-state index in [9.17, 15) is 13.2 Å². The minimum atomic E-state index is -4.36. The summed E-state index contributed by atoms with van der Waals surface area (Å²) in [6, 6.07) is 7.07. The van der Waals surface area contributed by atoms with Crippen LogP contribution >= 0.6 is 11.3 Å². The van der Waals surface area contributed by atoms with Gasteiger partial charge in [0.1, 0.15) is 0 Å². The Morgan fingerprint density at radius 1 is 1.27 bits per heavy atom. The number of guanidine groups is 1. The number of nitrogens with zero attached hydrogens (tertiary/aromatic N) is 1. The minimum Gasteiger partial charge on any atom is -0.356 e. The molecule has 2 aromatic rings. The number of rotatable bonds is 4. The number of nitrogens with one attached hydrogen (secondary N) is 2. The number of alkyl halides is 3. The van der Waals surface area contributed by atoms with Gasteiger partial charge in [0, 0.05) is 19.2 Å². The van der Waals surface area contributed by atoms with Crippen molar-refractivity contribution in [3.05, 3.63) is 57.8 Å². The first-order chi connectivity index (χ1) is 12.4. The monoisotopic (exact) mass is 379 g/mol. The van der Waals surface area contributed by atoms with E-state index in [2.05, 4.69) is 45.8 Å². The van der Waals surface area contributed by atoms with Gasteiger partial charge < -0.3 is 10.6 Å². The van der Waals surface area contributed by atoms with Crippen LogP contribution in [0.15, 0.2) is 46.1 Å². The molecule has 26 heavy (non-hydrogen) atoms. The third-order valence-corrected chi connectivity index (χ3v) is 4.38. The molecule has 0 fully saturated rings. The van der Waals surface area contributed by atoms with Crippen molar-refractivity contribution in [2.75, 3.05) is 20.1 Å². The lowest BCUT2D eigenvalue weighted by atomic mass is 10.1. The Morgan fingerprint density at radius 3 is 2.73 bits per heavy atom. The molecule has 0 spiro atoms. The molecule has 2 rings (SSSR count). The molecule has 0 bridgehead atoms. The standard InChI is InChI=1S/C19H20F3N3S/c1-14(16-8-10-26-13-16)12-25-18(23-2)24-9-4-6-15-5-3-7-17(11-15)19(20,21)22/h3,5,7-8,10-11,13-14H,9,12H2,1-2H3,(H2,23,24,25). The molecule has 0 aliphatic carbocycles. The van der Waals surface area contributed by atoms with Crippen molar-refractivity contribution in [3.8, 4) is 11.8 Å². The Morgan fingerprint density at radius 2 is 2.08 bits per heavy atom. The predicted molar refractivity (Wildman–Crippen MR) is 100 cm³/mol. The van der Waals surface area contributed by atoms with E-state index in [-0.39, 0.29) is 6.54 Å². The number of halogens is 3. The first-order valence-corrected chi connectivity index (χ1v) is 8.97. The molecule has 1 heterocycles. The van der Waals surface area contributed by atoms with Crippen LogP contribution in [0.4, 0.5) is 13.2 Å². The van der Waals surface area contributed by atoms with Crippen molar-refractivity contribution < 1.29 is 13.2 Å². The van der Waals surface area contributed by atoms with E-state index in [1.807, 2.05) is 5.38 Å². The largest absolute Gasteiger partial charge is 0.416 e. The average molecular weight is 379 g/mol. The van der Waals surface area contributed by atoms with E-state index < -0.39 is 11.7 Å². The SMILES string of the molecule is CN=C(NCC#Cc1cccc(C(F)(F)F)c1)NCC(C)c1ccsc1. The summed E-state index contributed by atoms with van der Waals surface area (Å²) in [5.74, 6) is 6.49. The van der Waals surface area contributed by atoms with Crippen molar-refractivity contribution in [2.45, 2.75) is 19.0 Å². The fourth-order valence-electron chi connectivity index (χ4n) is 2.19. The first kappa shape index (κ1) is 19.9. The molecule has 2 N–H and O–H groups in total. The molecule has 0 aliphatic rings. The molecule has 138 valence electrons. The zero-order valence-corrected chi connectivity index (χ0v) is 15.3. The Balaban J connectivity index is 1.84. The Kier molecular flexibility index (Phi) is 7.10. The number of hydrogen-bond acceptors (Lipinski definition) is 2. The fraction of sp³-hybridized carbons (Fsp3) is 0.316. The second-order valence-corrected chi connectivity index (χ2v) is 6.42. The molecule has 0 saturated heterocycles. The zero-order chi connectivity index (χ0) is 19.0. The van der Waals surface area contributed by atoms with Crippen LogP contribution in [0.3, 0.4) is 0 Å². The highest BCUT2D eigenvalue weighted by molar-refractivity contribution is 7.07. The third kappa shape index (κ3) is 6.12. The van der Waals surface area contributed by atoms with Gasteiger partial charge in [0.15, 0.2) is 5.96 Å². The lowest BCUT2D eigenvalue weighted by Crippen LogP contribution is -2.39. The lowest BCUT2D eigenvalue weighted by molar-refractivity contribution is -0.137. The molecule has 3 nitrogen and oxygen atoms in total. The summed E-state index contributed by atoms with van der Waals surface area (Å²) in [6.45, 7) is 3.12. The highest BCUT2D eigenvalue weighted by Crippen LogP contribution is 2.29. The van der Waals surface area contributed by atoms with Crippen LogP contribution in [-0.2, 0) is 6.18 Å². The topological polar surface area (TPSA) is 36.4 Å². The van der Waals surface area contributed by atoms with Crippen LogP contribution in [0.1, 0.15) is 29.5 Å². The summed E-state index contributed by atoms with van der Waals surface area (Å²) >= 11 is 1.66. The Labute approximate surface area is 155 Å². The molecule has 0 amide bonds. The molecule has 1 aromatic carbocycles. The summed E-state index contributed by atoms with van der Waals surface area (Å²) < 4.78 is 38.0. The smallest absolute Gasteiger partial charge is 0.356 e. The van der Waals surface area contributed by atoms with E-state index in [0.717, 1.165) is 18.7 Å². The number of thiophene rings is 1. The van der Waals surface area contributed by atoms with Crippen molar-refractivity contribution >= 4 is 17.3 Å². The maximum Gasteiger partial charge on any atom is 0.416 e. The van der Waals surface area contributed by atoms with Gasteiger partial charge in [-0.1, -0.05) is 24.8 Å². The van der Waals surface area contributed by atoms with E-state index >= 15 is 0 Å². The van der Waals surface area contributed by atoms with Gasteiger partial charge in [0.05, 0.1) is 12.1 Å². The van der Waals surface area contributed by atoms with Crippen molar-refractivity contribution in [3.63, 3.8) is 0 Å². The van der Waals surface area contributed by atoms with Crippen molar-refractivity contribution in [2.24, 2.45) is 4.99 Å². The van der Waals surface area contributed by atoms with E-state index in [1.165, 1.54) is 11.6 Å². The van der Waals surface area contributed by atoms with Gasteiger partial charge in [-0.05, 0) is 46.5 Å². The maximum atomic E-state index is 12.7. The normalized spacial score (nSPS) is 12.9. The summed E-state index contributed by atoms with van der Waals surface area (Å²) in [7, 11) is 1.66. The summed E-state index contributed by atoms with van der Waals surface area (Å²) in [4.78, 5) is 4.11. The second kappa shape index (κ2) is 9.30. The number of hydrogen-bond donors (Lipinski definition) is 2. The fourth-order valence-corrected chi connectivity index (χ4v) is 2.97. The van der Waals surface area contributed by atoms with Crippen LogP contribution in [0.2, 0.25) is 0 Å².